The van der Waals surface area contributed by atoms with Crippen LogP contribution in [0.5, 0.6) is 0 Å². The van der Waals surface area contributed by atoms with Crippen molar-refractivity contribution >= 4 is 44.8 Å². The number of benzene rings is 1. The Hall–Kier alpha value is -0.820. The normalized spacial score (nSPS) is 15.2. The fourth-order valence-electron chi connectivity index (χ4n) is 1.88. The summed E-state index contributed by atoms with van der Waals surface area (Å²) in [5.41, 5.74) is 0.490. The summed E-state index contributed by atoms with van der Waals surface area (Å²) >= 11 is 12.1. The van der Waals surface area contributed by atoms with E-state index in [0.29, 0.717) is 12.3 Å². The molecule has 0 aliphatic heterocycles. The smallest absolute Gasteiger partial charge is 0.238 e. The number of carbonyl (C=O) groups is 1. The molecule has 1 aromatic rings. The first-order valence-corrected chi connectivity index (χ1v) is 8.31. The van der Waals surface area contributed by atoms with Crippen LogP contribution in [0.1, 0.15) is 24.8 Å². The minimum atomic E-state index is -3.91. The predicted molar refractivity (Wildman–Crippen MR) is 78.5 cm³/mol. The van der Waals surface area contributed by atoms with Crippen molar-refractivity contribution in [2.45, 2.75) is 31.1 Å². The third kappa shape index (κ3) is 3.44. The van der Waals surface area contributed by atoms with Crippen molar-refractivity contribution in [2.75, 3.05) is 5.32 Å². The highest BCUT2D eigenvalue weighted by molar-refractivity contribution is 7.89. The Morgan fingerprint density at radius 2 is 2.05 bits per heavy atom. The van der Waals surface area contributed by atoms with Crippen LogP contribution < -0.4 is 10.5 Å². The van der Waals surface area contributed by atoms with Gasteiger partial charge in [0.2, 0.25) is 15.9 Å². The van der Waals surface area contributed by atoms with Gasteiger partial charge in [0.25, 0.3) is 0 Å². The zero-order valence-corrected chi connectivity index (χ0v) is 13.1. The van der Waals surface area contributed by atoms with E-state index in [2.05, 4.69) is 5.32 Å². The quantitative estimate of drug-likeness (QED) is 0.885. The van der Waals surface area contributed by atoms with Gasteiger partial charge in [0, 0.05) is 6.42 Å². The van der Waals surface area contributed by atoms with Gasteiger partial charge >= 0.3 is 0 Å². The van der Waals surface area contributed by atoms with Crippen molar-refractivity contribution in [3.05, 3.63) is 21.7 Å². The van der Waals surface area contributed by atoms with Gasteiger partial charge in [0.05, 0.1) is 20.6 Å². The molecule has 1 saturated carbocycles. The Labute approximate surface area is 127 Å². The van der Waals surface area contributed by atoms with Gasteiger partial charge in [-0.1, -0.05) is 23.2 Å². The Bertz CT molecular complexity index is 670. The Kier molecular flexibility index (Phi) is 4.30. The number of hydrogen-bond acceptors (Lipinski definition) is 3. The Morgan fingerprint density at radius 3 is 2.55 bits per heavy atom. The highest BCUT2D eigenvalue weighted by atomic mass is 35.5. The van der Waals surface area contributed by atoms with E-state index in [-0.39, 0.29) is 32.1 Å². The summed E-state index contributed by atoms with van der Waals surface area (Å²) in [6.45, 7) is 1.51. The number of rotatable bonds is 4. The van der Waals surface area contributed by atoms with E-state index in [1.54, 1.807) is 0 Å². The van der Waals surface area contributed by atoms with E-state index in [4.69, 9.17) is 28.3 Å². The molecule has 0 spiro atoms. The van der Waals surface area contributed by atoms with Gasteiger partial charge in [-0.15, -0.1) is 0 Å². The molecule has 0 aromatic heterocycles. The van der Waals surface area contributed by atoms with Crippen LogP contribution in [0, 0.1) is 12.8 Å². The zero-order valence-electron chi connectivity index (χ0n) is 10.7. The molecule has 0 heterocycles. The minimum absolute atomic E-state index is 0.0498. The predicted octanol–water partition coefficient (Wildman–Crippen LogP) is 2.69. The van der Waals surface area contributed by atoms with Gasteiger partial charge in [-0.3, -0.25) is 4.79 Å². The van der Waals surface area contributed by atoms with Crippen molar-refractivity contribution in [3.63, 3.8) is 0 Å². The first-order chi connectivity index (χ1) is 9.20. The molecule has 1 aliphatic carbocycles. The Balaban J connectivity index is 2.34. The summed E-state index contributed by atoms with van der Waals surface area (Å²) in [7, 11) is -3.91. The molecule has 20 heavy (non-hydrogen) atoms. The molecule has 0 radical (unpaired) electrons. The summed E-state index contributed by atoms with van der Waals surface area (Å²) in [6.07, 6.45) is 2.53. The van der Waals surface area contributed by atoms with Gasteiger partial charge < -0.3 is 5.32 Å². The lowest BCUT2D eigenvalue weighted by Gasteiger charge is -2.14. The highest BCUT2D eigenvalue weighted by Crippen LogP contribution is 2.38. The van der Waals surface area contributed by atoms with Crippen molar-refractivity contribution in [3.8, 4) is 0 Å². The highest BCUT2D eigenvalue weighted by Gasteiger charge is 2.26. The molecule has 110 valence electrons. The number of sulfonamides is 1. The second-order valence-electron chi connectivity index (χ2n) is 4.91. The largest absolute Gasteiger partial charge is 0.324 e. The number of primary sulfonamides is 1. The van der Waals surface area contributed by atoms with Gasteiger partial charge in [0.15, 0.2) is 0 Å². The lowest BCUT2D eigenvalue weighted by Crippen LogP contribution is -2.16. The maximum absolute atomic E-state index is 11.8. The summed E-state index contributed by atoms with van der Waals surface area (Å²) in [6, 6.07) is 1.20. The molecule has 5 nitrogen and oxygen atoms in total. The molecule has 0 unspecified atom stereocenters. The number of anilines is 1. The van der Waals surface area contributed by atoms with Gasteiger partial charge in [-0.2, -0.15) is 0 Å². The van der Waals surface area contributed by atoms with Gasteiger partial charge in [-0.05, 0) is 37.3 Å². The molecule has 2 rings (SSSR count). The third-order valence-corrected chi connectivity index (χ3v) is 4.96. The van der Waals surface area contributed by atoms with Crippen molar-refractivity contribution in [1.29, 1.82) is 0 Å². The van der Waals surface area contributed by atoms with Crippen LogP contribution in [0.2, 0.25) is 10.0 Å². The van der Waals surface area contributed by atoms with E-state index in [9.17, 15) is 13.2 Å². The van der Waals surface area contributed by atoms with Crippen LogP contribution in [0.4, 0.5) is 5.69 Å². The molecular weight excluding hydrogens is 323 g/mol. The van der Waals surface area contributed by atoms with E-state index >= 15 is 0 Å². The molecule has 0 bridgehead atoms. The SMILES string of the molecule is Cc1c(S(N)(=O)=O)cc(Cl)c(NC(=O)CC2CC2)c1Cl. The van der Waals surface area contributed by atoms with Crippen LogP contribution >= 0.6 is 23.2 Å². The molecule has 1 amide bonds. The number of hydrogen-bond donors (Lipinski definition) is 2. The third-order valence-electron chi connectivity index (χ3n) is 3.16. The summed E-state index contributed by atoms with van der Waals surface area (Å²) in [4.78, 5) is 11.6. The summed E-state index contributed by atoms with van der Waals surface area (Å²) < 4.78 is 22.8. The fourth-order valence-corrected chi connectivity index (χ4v) is 3.36. The van der Waals surface area contributed by atoms with Crippen molar-refractivity contribution < 1.29 is 13.2 Å². The number of carbonyl (C=O) groups excluding carboxylic acids is 1. The number of halogens is 2. The van der Waals surface area contributed by atoms with E-state index < -0.39 is 10.0 Å². The zero-order chi connectivity index (χ0) is 15.1. The maximum atomic E-state index is 11.8. The van der Waals surface area contributed by atoms with E-state index in [1.165, 1.54) is 13.0 Å². The molecule has 0 saturated heterocycles. The first kappa shape index (κ1) is 15.6. The summed E-state index contributed by atoms with van der Waals surface area (Å²) in [5, 5.41) is 7.86. The summed E-state index contributed by atoms with van der Waals surface area (Å²) in [5.74, 6) is 0.247. The van der Waals surface area contributed by atoms with Crippen molar-refractivity contribution in [1.82, 2.24) is 0 Å². The topological polar surface area (TPSA) is 89.3 Å². The van der Waals surface area contributed by atoms with Crippen LogP contribution in [-0.4, -0.2) is 14.3 Å². The van der Waals surface area contributed by atoms with Crippen LogP contribution in [0.15, 0.2) is 11.0 Å². The second kappa shape index (κ2) is 5.52. The van der Waals surface area contributed by atoms with Crippen LogP contribution in [-0.2, 0) is 14.8 Å². The molecule has 3 N–H and O–H groups in total. The average Bonchev–Trinajstić information content (AvgIpc) is 3.11. The monoisotopic (exact) mass is 336 g/mol. The number of nitrogens with two attached hydrogens (primary N) is 1. The standard InChI is InChI=1S/C12H14Cl2N2O3S/c1-6-9(20(15,18)19)5-8(13)12(11(6)14)16-10(17)4-7-2-3-7/h5,7H,2-4H2,1H3,(H,16,17)(H2,15,18,19). The lowest BCUT2D eigenvalue weighted by atomic mass is 10.2. The average molecular weight is 337 g/mol. The van der Waals surface area contributed by atoms with Crippen LogP contribution in [0.25, 0.3) is 0 Å². The van der Waals surface area contributed by atoms with Crippen molar-refractivity contribution in [2.24, 2.45) is 11.1 Å². The first-order valence-electron chi connectivity index (χ1n) is 6.01. The molecule has 1 aliphatic rings. The number of amides is 1. The molecule has 0 atom stereocenters. The molecule has 8 heteroatoms. The number of nitrogens with one attached hydrogen (secondary N) is 1. The molecule has 1 aromatic carbocycles. The molecular formula is C12H14Cl2N2O3S. The van der Waals surface area contributed by atoms with Crippen LogP contribution in [0.3, 0.4) is 0 Å². The Morgan fingerprint density at radius 1 is 1.45 bits per heavy atom. The fraction of sp³-hybridized carbons (Fsp3) is 0.417. The second-order valence-corrected chi connectivity index (χ2v) is 7.23. The lowest BCUT2D eigenvalue weighted by molar-refractivity contribution is -0.116. The van der Waals surface area contributed by atoms with E-state index in [0.717, 1.165) is 12.8 Å². The van der Waals surface area contributed by atoms with Gasteiger partial charge in [-0.25, -0.2) is 13.6 Å². The van der Waals surface area contributed by atoms with Gasteiger partial charge in [0.1, 0.15) is 0 Å². The maximum Gasteiger partial charge on any atom is 0.238 e. The molecule has 1 fully saturated rings. The minimum Gasteiger partial charge on any atom is -0.324 e. The van der Waals surface area contributed by atoms with E-state index in [1.807, 2.05) is 0 Å².